The highest BCUT2D eigenvalue weighted by Gasteiger charge is 2.44. The van der Waals surface area contributed by atoms with Crippen molar-refractivity contribution in [3.8, 4) is 0 Å². The molecule has 0 unspecified atom stereocenters. The summed E-state index contributed by atoms with van der Waals surface area (Å²) in [6.07, 6.45) is -6.03. The van der Waals surface area contributed by atoms with Gasteiger partial charge >= 0.3 is 5.69 Å². The molecule has 0 radical (unpaired) electrons. The normalized spacial score (nSPS) is 35.3. The van der Waals surface area contributed by atoms with Crippen LogP contribution in [0.4, 0.5) is 0 Å². The maximum atomic E-state index is 11.6. The maximum absolute atomic E-state index is 11.6. The second-order valence-corrected chi connectivity index (χ2v) is 4.24. The van der Waals surface area contributed by atoms with Crippen molar-refractivity contribution in [1.29, 1.82) is 0 Å². The van der Waals surface area contributed by atoms with E-state index in [0.29, 0.717) is 0 Å². The molecule has 1 saturated heterocycles. The van der Waals surface area contributed by atoms with Crippen LogP contribution in [0.1, 0.15) is 6.23 Å². The lowest BCUT2D eigenvalue weighted by Crippen LogP contribution is -2.57. The summed E-state index contributed by atoms with van der Waals surface area (Å²) >= 11 is 0. The first kappa shape index (κ1) is 13.9. The number of aromatic nitrogens is 2. The zero-order chi connectivity index (χ0) is 14.2. The first-order valence-electron chi connectivity index (χ1n) is 5.57. The SMILES string of the molecule is O=c1c[13cH][15n]([13C@@H]2O[13C@H]([13CH2]O)[13C@@H](O)[13C@H](O)[13C@H]2O)c(=O)[15nH]1. The van der Waals surface area contributed by atoms with Crippen LogP contribution in [0.2, 0.25) is 0 Å². The van der Waals surface area contributed by atoms with Crippen molar-refractivity contribution in [2.45, 2.75) is 30.6 Å². The van der Waals surface area contributed by atoms with E-state index < -0.39 is 48.5 Å². The van der Waals surface area contributed by atoms with Crippen LogP contribution in [-0.4, -0.2) is 61.0 Å². The van der Waals surface area contributed by atoms with Gasteiger partial charge in [-0.1, -0.05) is 0 Å². The molecule has 9 nitrogen and oxygen atoms in total. The lowest BCUT2D eigenvalue weighted by Gasteiger charge is -2.40. The minimum absolute atomic E-state index is 0.598. The smallest absolute Gasteiger partial charge is 0.330 e. The molecule has 0 saturated carbocycles. The van der Waals surface area contributed by atoms with E-state index in [1.807, 2.05) is 4.98 Å². The van der Waals surface area contributed by atoms with Gasteiger partial charge in [0, 0.05) is 12.3 Å². The highest BCUT2D eigenvalue weighted by Crippen LogP contribution is 2.26. The van der Waals surface area contributed by atoms with Gasteiger partial charge in [-0.05, 0) is 0 Å². The second-order valence-electron chi connectivity index (χ2n) is 4.24. The predicted molar refractivity (Wildman–Crippen MR) is 60.3 cm³/mol. The summed E-state index contributed by atoms with van der Waals surface area (Å²) in [4.78, 5) is 24.5. The standard InChI is InChI=1S/C10H14N2O7/c13-3-4-6(15)7(16)8(17)9(19-4)12-2-1-5(14)11-10(12)18/h1-2,4,6-9,13,15-17H,3H2,(H,11,14,18)/t4-,6-,7+,8-,9-/m1/s1/i2+1,3+1,4+1,6+1,7+1,8+1,9+1,11+1,12+1. The highest BCUT2D eigenvalue weighted by molar-refractivity contribution is 4.93. The van der Waals surface area contributed by atoms with Crippen molar-refractivity contribution >= 4 is 0 Å². The van der Waals surface area contributed by atoms with E-state index >= 15 is 0 Å². The van der Waals surface area contributed by atoms with Gasteiger partial charge in [0.1, 0.15) is 24.4 Å². The number of aliphatic hydroxyl groups excluding tert-OH is 4. The van der Waals surface area contributed by atoms with E-state index in [2.05, 4.69) is 0 Å². The third-order valence-electron chi connectivity index (χ3n) is 2.99. The topological polar surface area (TPSA) is 145 Å². The Hall–Kier alpha value is -1.52. The number of rotatable bonds is 2. The van der Waals surface area contributed by atoms with Crippen LogP contribution in [0, 0.1) is 0 Å². The number of hydrogen-bond acceptors (Lipinski definition) is 7. The van der Waals surface area contributed by atoms with Crippen LogP contribution in [0.25, 0.3) is 0 Å². The van der Waals surface area contributed by atoms with Gasteiger partial charge in [-0.25, -0.2) is 4.79 Å². The van der Waals surface area contributed by atoms with Crippen molar-refractivity contribution in [1.82, 2.24) is 9.55 Å². The number of aliphatic hydroxyl groups is 4. The summed E-state index contributed by atoms with van der Waals surface area (Å²) in [6, 6.07) is 1.04. The van der Waals surface area contributed by atoms with Crippen molar-refractivity contribution in [2.24, 2.45) is 0 Å². The number of ether oxygens (including phenoxy) is 1. The highest BCUT2D eigenvalue weighted by atomic mass is 16.8. The summed E-state index contributed by atoms with van der Waals surface area (Å²) < 4.78 is 6.03. The Balaban J connectivity index is 2.38. The minimum atomic E-state index is -1.59. The minimum Gasteiger partial charge on any atom is -0.394 e. The molecule has 1 aliphatic heterocycles. The van der Waals surface area contributed by atoms with Gasteiger partial charge in [0.2, 0.25) is 0 Å². The molecule has 0 spiro atoms. The molecule has 1 fully saturated rings. The molecular formula is C10H14N2O7. The number of hydrogen-bond donors (Lipinski definition) is 5. The van der Waals surface area contributed by atoms with Crippen molar-refractivity contribution < 1.29 is 25.2 Å². The third-order valence-corrected chi connectivity index (χ3v) is 2.99. The predicted octanol–water partition coefficient (Wildman–Crippen LogP) is -3.49. The van der Waals surface area contributed by atoms with Crippen LogP contribution in [0.15, 0.2) is 21.9 Å². The Bertz CT molecular complexity index is 551. The fourth-order valence-corrected chi connectivity index (χ4v) is 1.94. The lowest BCUT2D eigenvalue weighted by molar-refractivity contribution is -0.252. The quantitative estimate of drug-likeness (QED) is 0.354. The van der Waals surface area contributed by atoms with Gasteiger partial charge in [0.15, 0.2) is 6.23 Å². The fraction of sp³-hybridized carbons (Fsp3) is 0.600. The van der Waals surface area contributed by atoms with Gasteiger partial charge in [-0.15, -0.1) is 0 Å². The van der Waals surface area contributed by atoms with E-state index in [0.717, 1.165) is 16.8 Å². The molecule has 2 heterocycles. The average molecular weight is 283 g/mol. The third kappa shape index (κ3) is 2.46. The van der Waals surface area contributed by atoms with E-state index in [-0.39, 0.29) is 0 Å². The number of H-pyrrole nitrogens is 1. The molecule has 106 valence electrons. The molecule has 0 aliphatic carbocycles. The van der Waals surface area contributed by atoms with Gasteiger partial charge in [-0.2, -0.15) is 0 Å². The molecule has 1 aromatic rings. The van der Waals surface area contributed by atoms with Gasteiger partial charge in [0.25, 0.3) is 5.56 Å². The fourth-order valence-electron chi connectivity index (χ4n) is 1.94. The summed E-state index contributed by atoms with van der Waals surface area (Å²) in [6.45, 7) is -0.598. The Morgan fingerprint density at radius 3 is 2.47 bits per heavy atom. The average Bonchev–Trinajstić information content (AvgIpc) is 2.38. The number of nitrogens with zero attached hydrogens (tertiary/aromatic N) is 1. The molecule has 5 atom stereocenters. The molecule has 1 aromatic heterocycles. The van der Waals surface area contributed by atoms with Crippen LogP contribution in [-0.2, 0) is 4.74 Å². The second kappa shape index (κ2) is 5.23. The summed E-state index contributed by atoms with van der Waals surface area (Å²) in [7, 11) is 0. The Morgan fingerprint density at radius 1 is 1.21 bits per heavy atom. The van der Waals surface area contributed by atoms with Crippen LogP contribution in [0.5, 0.6) is 0 Å². The van der Waals surface area contributed by atoms with Crippen LogP contribution in [0.3, 0.4) is 0 Å². The number of nitrogens with one attached hydrogen (secondary N) is 1. The first-order valence-corrected chi connectivity index (χ1v) is 5.57. The van der Waals surface area contributed by atoms with Gasteiger partial charge < -0.3 is 25.2 Å². The van der Waals surface area contributed by atoms with Gasteiger partial charge in [0.05, 0.1) is 6.61 Å². The number of aromatic amines is 1. The summed E-state index contributed by atoms with van der Waals surface area (Å²) in [5.74, 6) is 0. The Labute approximate surface area is 106 Å². The monoisotopic (exact) mass is 283 g/mol. The van der Waals surface area contributed by atoms with Crippen molar-refractivity contribution in [3.63, 3.8) is 0 Å². The Morgan fingerprint density at radius 2 is 1.89 bits per heavy atom. The first-order chi connectivity index (χ1) is 8.95. The molecule has 1 aliphatic rings. The molecule has 0 bridgehead atoms. The van der Waals surface area contributed by atoms with E-state index in [4.69, 9.17) is 9.84 Å². The molecule has 0 amide bonds. The molecule has 19 heavy (non-hydrogen) atoms. The van der Waals surface area contributed by atoms with E-state index in [9.17, 15) is 24.9 Å². The van der Waals surface area contributed by atoms with Crippen molar-refractivity contribution in [3.05, 3.63) is 33.1 Å². The maximum Gasteiger partial charge on any atom is 0.330 e. The van der Waals surface area contributed by atoms with Gasteiger partial charge in [-0.3, -0.25) is 14.3 Å². The zero-order valence-electron chi connectivity index (χ0n) is 9.71. The summed E-state index contributed by atoms with van der Waals surface area (Å²) in [5, 5.41) is 38.0. The van der Waals surface area contributed by atoms with E-state index in [1.165, 1.54) is 0 Å². The van der Waals surface area contributed by atoms with Crippen LogP contribution < -0.4 is 11.2 Å². The van der Waals surface area contributed by atoms with Crippen LogP contribution >= 0.6 is 0 Å². The lowest BCUT2D eigenvalue weighted by atomic mass is 10.8. The molecule has 2 rings (SSSR count). The Kier molecular flexibility index (Phi) is 3.83. The van der Waals surface area contributed by atoms with E-state index in [1.54, 1.807) is 0 Å². The zero-order valence-corrected chi connectivity index (χ0v) is 9.71. The van der Waals surface area contributed by atoms with Crippen molar-refractivity contribution in [2.75, 3.05) is 6.61 Å². The largest absolute Gasteiger partial charge is 0.394 e. The molecule has 0 aromatic carbocycles. The summed E-state index contributed by atoms with van der Waals surface area (Å²) in [5.41, 5.74) is -1.46. The molecular weight excluding hydrogens is 269 g/mol. The molecule has 5 N–H and O–H groups in total. The molecule has 9 heteroatoms.